The van der Waals surface area contributed by atoms with Crippen LogP contribution in [0.3, 0.4) is 0 Å². The summed E-state index contributed by atoms with van der Waals surface area (Å²) in [6.07, 6.45) is 2.27. The number of carbonyl (C=O) groups excluding carboxylic acids is 1. The Morgan fingerprint density at radius 2 is 1.92 bits per heavy atom. The number of para-hydroxylation sites is 1. The minimum atomic E-state index is -0.702. The highest BCUT2D eigenvalue weighted by Gasteiger charge is 2.12. The molecule has 1 N–H and O–H groups in total. The molecule has 0 spiro atoms. The molecule has 0 saturated carbocycles. The predicted molar refractivity (Wildman–Crippen MR) is 96.4 cm³/mol. The standard InChI is InChI=1S/C19H16F2N2OS/c1-12(19-23-16-7-2-3-8-17(16)25-19)11-22-18(24)10-9-13-14(20)5-4-6-15(13)21/h2-10,12H,11H2,1H3,(H,22,24)/b10-9+. The summed E-state index contributed by atoms with van der Waals surface area (Å²) in [5.41, 5.74) is 0.715. The largest absolute Gasteiger partial charge is 0.352 e. The van der Waals surface area contributed by atoms with Crippen LogP contribution < -0.4 is 5.32 Å². The molecule has 3 rings (SSSR count). The van der Waals surface area contributed by atoms with Crippen molar-refractivity contribution in [2.45, 2.75) is 12.8 Å². The summed E-state index contributed by atoms with van der Waals surface area (Å²) in [6, 6.07) is 11.4. The summed E-state index contributed by atoms with van der Waals surface area (Å²) in [6.45, 7) is 2.36. The topological polar surface area (TPSA) is 42.0 Å². The van der Waals surface area contributed by atoms with Gasteiger partial charge in [0.2, 0.25) is 5.91 Å². The third kappa shape index (κ3) is 4.09. The van der Waals surface area contributed by atoms with E-state index >= 15 is 0 Å². The van der Waals surface area contributed by atoms with Gasteiger partial charge in [-0.15, -0.1) is 11.3 Å². The molecule has 2 aromatic carbocycles. The van der Waals surface area contributed by atoms with Gasteiger partial charge in [0.1, 0.15) is 11.6 Å². The van der Waals surface area contributed by atoms with Crippen LogP contribution in [0.1, 0.15) is 23.4 Å². The molecule has 0 aliphatic rings. The number of benzene rings is 2. The zero-order valence-corrected chi connectivity index (χ0v) is 14.3. The Hall–Kier alpha value is -2.60. The third-order valence-corrected chi connectivity index (χ3v) is 4.98. The van der Waals surface area contributed by atoms with Crippen molar-refractivity contribution >= 4 is 33.5 Å². The first kappa shape index (κ1) is 17.2. The van der Waals surface area contributed by atoms with E-state index in [1.165, 1.54) is 6.07 Å². The summed E-state index contributed by atoms with van der Waals surface area (Å²) >= 11 is 1.59. The minimum absolute atomic E-state index is 0.0416. The lowest BCUT2D eigenvalue weighted by Gasteiger charge is -2.08. The van der Waals surface area contributed by atoms with Crippen LogP contribution >= 0.6 is 11.3 Å². The van der Waals surface area contributed by atoms with E-state index in [0.29, 0.717) is 6.54 Å². The second-order valence-corrected chi connectivity index (χ2v) is 6.70. The van der Waals surface area contributed by atoms with Crippen LogP contribution in [0.2, 0.25) is 0 Å². The van der Waals surface area contributed by atoms with E-state index < -0.39 is 17.5 Å². The highest BCUT2D eigenvalue weighted by atomic mass is 32.1. The maximum Gasteiger partial charge on any atom is 0.244 e. The van der Waals surface area contributed by atoms with Crippen molar-refractivity contribution in [1.82, 2.24) is 10.3 Å². The van der Waals surface area contributed by atoms with E-state index in [2.05, 4.69) is 10.3 Å². The second-order valence-electron chi connectivity index (χ2n) is 5.63. The van der Waals surface area contributed by atoms with Crippen molar-refractivity contribution in [3.63, 3.8) is 0 Å². The monoisotopic (exact) mass is 358 g/mol. The number of hydrogen-bond acceptors (Lipinski definition) is 3. The molecule has 3 nitrogen and oxygen atoms in total. The number of rotatable bonds is 5. The fourth-order valence-corrected chi connectivity index (χ4v) is 3.35. The molecule has 0 aliphatic carbocycles. The Bertz CT molecular complexity index is 883. The molecule has 128 valence electrons. The molecule has 25 heavy (non-hydrogen) atoms. The Labute approximate surface area is 148 Å². The first-order valence-corrected chi connectivity index (χ1v) is 8.61. The van der Waals surface area contributed by atoms with Crippen LogP contribution in [-0.4, -0.2) is 17.4 Å². The van der Waals surface area contributed by atoms with Crippen LogP contribution in [0.4, 0.5) is 8.78 Å². The quantitative estimate of drug-likeness (QED) is 0.682. The van der Waals surface area contributed by atoms with E-state index in [0.717, 1.165) is 39.5 Å². The van der Waals surface area contributed by atoms with Gasteiger partial charge in [-0.3, -0.25) is 4.79 Å². The lowest BCUT2D eigenvalue weighted by molar-refractivity contribution is -0.116. The lowest BCUT2D eigenvalue weighted by Crippen LogP contribution is -2.25. The Morgan fingerprint density at radius 3 is 2.64 bits per heavy atom. The lowest BCUT2D eigenvalue weighted by atomic mass is 10.1. The van der Waals surface area contributed by atoms with E-state index in [4.69, 9.17) is 0 Å². The van der Waals surface area contributed by atoms with Crippen molar-refractivity contribution in [3.05, 3.63) is 70.7 Å². The fraction of sp³-hybridized carbons (Fsp3) is 0.158. The van der Waals surface area contributed by atoms with Gasteiger partial charge >= 0.3 is 0 Å². The highest BCUT2D eigenvalue weighted by Crippen LogP contribution is 2.26. The Kier molecular flexibility index (Phi) is 5.19. The second kappa shape index (κ2) is 7.53. The molecule has 0 radical (unpaired) electrons. The summed E-state index contributed by atoms with van der Waals surface area (Å²) < 4.78 is 28.1. The van der Waals surface area contributed by atoms with Crippen LogP contribution in [0.15, 0.2) is 48.5 Å². The number of halogens is 2. The molecule has 1 atom stereocenters. The van der Waals surface area contributed by atoms with Gasteiger partial charge in [0.15, 0.2) is 0 Å². The van der Waals surface area contributed by atoms with Crippen LogP contribution in [0, 0.1) is 11.6 Å². The molecule has 1 amide bonds. The molecule has 3 aromatic rings. The normalized spacial score (nSPS) is 12.6. The fourth-order valence-electron chi connectivity index (χ4n) is 2.33. The van der Waals surface area contributed by atoms with E-state index in [1.807, 2.05) is 31.2 Å². The number of fused-ring (bicyclic) bond motifs is 1. The number of hydrogen-bond donors (Lipinski definition) is 1. The number of aromatic nitrogens is 1. The maximum absolute atomic E-state index is 13.5. The molecule has 0 aliphatic heterocycles. The molecule has 0 saturated heterocycles. The number of nitrogens with zero attached hydrogens (tertiary/aromatic N) is 1. The van der Waals surface area contributed by atoms with Gasteiger partial charge in [-0.05, 0) is 30.3 Å². The van der Waals surface area contributed by atoms with Crippen LogP contribution in [0.5, 0.6) is 0 Å². The number of thiazole rings is 1. The maximum atomic E-state index is 13.5. The van der Waals surface area contributed by atoms with Crippen molar-refractivity contribution in [3.8, 4) is 0 Å². The van der Waals surface area contributed by atoms with E-state index in [-0.39, 0.29) is 11.5 Å². The van der Waals surface area contributed by atoms with Gasteiger partial charge in [0.05, 0.1) is 15.2 Å². The molecular formula is C19H16F2N2OS. The molecule has 0 fully saturated rings. The van der Waals surface area contributed by atoms with Crippen molar-refractivity contribution < 1.29 is 13.6 Å². The first-order valence-electron chi connectivity index (χ1n) is 7.80. The van der Waals surface area contributed by atoms with E-state index in [9.17, 15) is 13.6 Å². The van der Waals surface area contributed by atoms with Gasteiger partial charge < -0.3 is 5.32 Å². The zero-order chi connectivity index (χ0) is 17.8. The van der Waals surface area contributed by atoms with Crippen molar-refractivity contribution in [2.24, 2.45) is 0 Å². The van der Waals surface area contributed by atoms with Gasteiger partial charge in [-0.2, -0.15) is 0 Å². The zero-order valence-electron chi connectivity index (χ0n) is 13.5. The average molecular weight is 358 g/mol. The first-order chi connectivity index (χ1) is 12.0. The number of carbonyl (C=O) groups is 1. The van der Waals surface area contributed by atoms with Crippen molar-refractivity contribution in [2.75, 3.05) is 6.54 Å². The summed E-state index contributed by atoms with van der Waals surface area (Å²) in [5, 5.41) is 3.67. The molecule has 1 heterocycles. The SMILES string of the molecule is CC(CNC(=O)/C=C/c1c(F)cccc1F)c1nc2ccccc2s1. The third-order valence-electron chi connectivity index (χ3n) is 3.72. The van der Waals surface area contributed by atoms with Crippen LogP contribution in [-0.2, 0) is 4.79 Å². The summed E-state index contributed by atoms with van der Waals surface area (Å²) in [4.78, 5) is 16.4. The molecule has 6 heteroatoms. The smallest absolute Gasteiger partial charge is 0.244 e. The van der Waals surface area contributed by atoms with Crippen LogP contribution in [0.25, 0.3) is 16.3 Å². The molecule has 1 unspecified atom stereocenters. The Morgan fingerprint density at radius 1 is 1.20 bits per heavy atom. The number of nitrogens with one attached hydrogen (secondary N) is 1. The van der Waals surface area contributed by atoms with Gasteiger partial charge in [-0.25, -0.2) is 13.8 Å². The highest BCUT2D eigenvalue weighted by molar-refractivity contribution is 7.18. The summed E-state index contributed by atoms with van der Waals surface area (Å²) in [5.74, 6) is -1.77. The molecule has 1 aromatic heterocycles. The van der Waals surface area contributed by atoms with Crippen molar-refractivity contribution in [1.29, 1.82) is 0 Å². The van der Waals surface area contributed by atoms with Gasteiger partial charge in [0.25, 0.3) is 0 Å². The Balaban J connectivity index is 1.61. The predicted octanol–water partition coefficient (Wildman–Crippen LogP) is 4.51. The van der Waals surface area contributed by atoms with Gasteiger partial charge in [0, 0.05) is 24.1 Å². The van der Waals surface area contributed by atoms with E-state index in [1.54, 1.807) is 11.3 Å². The minimum Gasteiger partial charge on any atom is -0.352 e. The molecular weight excluding hydrogens is 342 g/mol. The van der Waals surface area contributed by atoms with Gasteiger partial charge in [-0.1, -0.05) is 25.1 Å². The average Bonchev–Trinajstić information content (AvgIpc) is 3.03. The summed E-state index contributed by atoms with van der Waals surface area (Å²) in [7, 11) is 0. The molecule has 0 bridgehead atoms. The number of amides is 1.